The molecular weight excluding hydrogens is 344 g/mol. The highest BCUT2D eigenvalue weighted by Gasteiger charge is 2.20. The van der Waals surface area contributed by atoms with E-state index in [9.17, 15) is 4.79 Å². The molecule has 0 N–H and O–H groups in total. The number of benzene rings is 4. The van der Waals surface area contributed by atoms with Crippen LogP contribution in [0.25, 0.3) is 10.8 Å². The quantitative estimate of drug-likeness (QED) is 0.325. The van der Waals surface area contributed by atoms with Gasteiger partial charge in [-0.3, -0.25) is 9.69 Å². The number of amidine groups is 1. The lowest BCUT2D eigenvalue weighted by Gasteiger charge is -2.23. The number of para-hydroxylation sites is 2. The SMILES string of the molecule is CC(=O)N(C(=Nc1ccccc1)c1ccc2ccccc2c1)c1ccccc1. The zero-order chi connectivity index (χ0) is 19.3. The largest absolute Gasteiger partial charge is 0.274 e. The summed E-state index contributed by atoms with van der Waals surface area (Å²) in [5.74, 6) is 0.518. The van der Waals surface area contributed by atoms with Crippen molar-refractivity contribution < 1.29 is 4.79 Å². The van der Waals surface area contributed by atoms with E-state index in [2.05, 4.69) is 24.3 Å². The van der Waals surface area contributed by atoms with Crippen LogP contribution in [0.2, 0.25) is 0 Å². The van der Waals surface area contributed by atoms with Gasteiger partial charge in [0, 0.05) is 12.5 Å². The fourth-order valence-electron chi connectivity index (χ4n) is 3.23. The van der Waals surface area contributed by atoms with E-state index in [-0.39, 0.29) is 5.91 Å². The number of nitrogens with zero attached hydrogens (tertiary/aromatic N) is 2. The van der Waals surface area contributed by atoms with E-state index >= 15 is 0 Å². The molecule has 28 heavy (non-hydrogen) atoms. The number of rotatable bonds is 3. The fourth-order valence-corrected chi connectivity index (χ4v) is 3.23. The molecule has 3 nitrogen and oxygen atoms in total. The van der Waals surface area contributed by atoms with Gasteiger partial charge in [0.05, 0.1) is 11.4 Å². The van der Waals surface area contributed by atoms with Crippen LogP contribution in [-0.2, 0) is 4.79 Å². The molecule has 0 saturated heterocycles. The number of fused-ring (bicyclic) bond motifs is 1. The minimum Gasteiger partial charge on any atom is -0.274 e. The van der Waals surface area contributed by atoms with Gasteiger partial charge < -0.3 is 0 Å². The predicted molar refractivity (Wildman–Crippen MR) is 116 cm³/mol. The first-order valence-corrected chi connectivity index (χ1v) is 9.21. The van der Waals surface area contributed by atoms with E-state index in [0.29, 0.717) is 5.84 Å². The summed E-state index contributed by atoms with van der Waals surface area (Å²) in [4.78, 5) is 19.2. The monoisotopic (exact) mass is 364 g/mol. The molecule has 0 atom stereocenters. The van der Waals surface area contributed by atoms with E-state index in [0.717, 1.165) is 27.7 Å². The summed E-state index contributed by atoms with van der Waals surface area (Å²) in [6, 6.07) is 33.7. The van der Waals surface area contributed by atoms with Gasteiger partial charge in [0.1, 0.15) is 5.84 Å². The van der Waals surface area contributed by atoms with Crippen molar-refractivity contribution in [3.05, 3.63) is 109 Å². The molecule has 4 rings (SSSR count). The highest BCUT2D eigenvalue weighted by Crippen LogP contribution is 2.24. The number of carbonyl (C=O) groups excluding carboxylic acids is 1. The average molecular weight is 364 g/mol. The van der Waals surface area contributed by atoms with Crippen LogP contribution in [0.4, 0.5) is 11.4 Å². The lowest BCUT2D eigenvalue weighted by molar-refractivity contribution is -0.115. The average Bonchev–Trinajstić information content (AvgIpc) is 2.74. The molecule has 0 aliphatic heterocycles. The molecule has 0 radical (unpaired) electrons. The second-order valence-corrected chi connectivity index (χ2v) is 6.52. The van der Waals surface area contributed by atoms with Gasteiger partial charge in [0.15, 0.2) is 0 Å². The Morgan fingerprint density at radius 2 is 1.32 bits per heavy atom. The molecule has 136 valence electrons. The number of amides is 1. The predicted octanol–water partition coefficient (Wildman–Crippen LogP) is 5.97. The smallest absolute Gasteiger partial charge is 0.229 e. The lowest BCUT2D eigenvalue weighted by atomic mass is 10.1. The Hall–Kier alpha value is -3.72. The van der Waals surface area contributed by atoms with Gasteiger partial charge in [0.25, 0.3) is 0 Å². The van der Waals surface area contributed by atoms with Crippen molar-refractivity contribution in [3.8, 4) is 0 Å². The van der Waals surface area contributed by atoms with Gasteiger partial charge in [-0.1, -0.05) is 72.8 Å². The molecule has 4 aromatic carbocycles. The van der Waals surface area contributed by atoms with Gasteiger partial charge >= 0.3 is 0 Å². The molecule has 0 aliphatic rings. The lowest BCUT2D eigenvalue weighted by Crippen LogP contribution is -2.35. The summed E-state index contributed by atoms with van der Waals surface area (Å²) in [6.45, 7) is 1.56. The third kappa shape index (κ3) is 3.69. The van der Waals surface area contributed by atoms with Crippen LogP contribution in [0.15, 0.2) is 108 Å². The molecule has 0 fully saturated rings. The number of hydrogen-bond donors (Lipinski definition) is 0. The first-order valence-electron chi connectivity index (χ1n) is 9.21. The summed E-state index contributed by atoms with van der Waals surface area (Å²) >= 11 is 0. The van der Waals surface area contributed by atoms with Gasteiger partial charge in [-0.2, -0.15) is 0 Å². The number of carbonyl (C=O) groups is 1. The van der Waals surface area contributed by atoms with E-state index in [4.69, 9.17) is 4.99 Å². The number of aliphatic imine (C=N–C) groups is 1. The highest BCUT2D eigenvalue weighted by molar-refractivity contribution is 6.24. The van der Waals surface area contributed by atoms with E-state index in [1.54, 1.807) is 11.8 Å². The third-order valence-corrected chi connectivity index (χ3v) is 4.54. The van der Waals surface area contributed by atoms with Gasteiger partial charge in [-0.25, -0.2) is 4.99 Å². The molecule has 1 amide bonds. The van der Waals surface area contributed by atoms with Crippen LogP contribution >= 0.6 is 0 Å². The number of anilines is 1. The van der Waals surface area contributed by atoms with Crippen LogP contribution in [0.3, 0.4) is 0 Å². The van der Waals surface area contributed by atoms with E-state index < -0.39 is 0 Å². The Balaban J connectivity index is 1.92. The Morgan fingerprint density at radius 1 is 0.714 bits per heavy atom. The molecule has 0 spiro atoms. The van der Waals surface area contributed by atoms with Crippen molar-refractivity contribution in [1.29, 1.82) is 0 Å². The van der Waals surface area contributed by atoms with Crippen LogP contribution < -0.4 is 4.90 Å². The van der Waals surface area contributed by atoms with Crippen LogP contribution in [0.5, 0.6) is 0 Å². The summed E-state index contributed by atoms with van der Waals surface area (Å²) in [5, 5.41) is 2.26. The Bertz CT molecular complexity index is 1130. The molecule has 0 aromatic heterocycles. The van der Waals surface area contributed by atoms with Crippen LogP contribution in [0, 0.1) is 0 Å². The zero-order valence-electron chi connectivity index (χ0n) is 15.6. The van der Waals surface area contributed by atoms with Gasteiger partial charge in [-0.15, -0.1) is 0 Å². The molecule has 0 saturated carbocycles. The molecular formula is C25H20N2O. The van der Waals surface area contributed by atoms with Crippen LogP contribution in [-0.4, -0.2) is 11.7 Å². The second-order valence-electron chi connectivity index (χ2n) is 6.52. The maximum absolute atomic E-state index is 12.7. The topological polar surface area (TPSA) is 32.7 Å². The first-order chi connectivity index (χ1) is 13.7. The fraction of sp³-hybridized carbons (Fsp3) is 0.0400. The molecule has 0 aliphatic carbocycles. The Labute approximate surface area is 164 Å². The van der Waals surface area contributed by atoms with Crippen molar-refractivity contribution in [3.63, 3.8) is 0 Å². The molecule has 3 heteroatoms. The molecule has 0 unspecified atom stereocenters. The zero-order valence-corrected chi connectivity index (χ0v) is 15.6. The molecule has 0 bridgehead atoms. The number of hydrogen-bond acceptors (Lipinski definition) is 2. The summed E-state index contributed by atoms with van der Waals surface area (Å²) in [7, 11) is 0. The standard InChI is InChI=1S/C25H20N2O/c1-19(28)27(24-14-6-3-7-15-24)25(26-23-12-4-2-5-13-23)22-17-16-20-10-8-9-11-21(20)18-22/h2-18H,1H3. The van der Waals surface area contributed by atoms with Crippen molar-refractivity contribution in [2.45, 2.75) is 6.92 Å². The summed E-state index contributed by atoms with van der Waals surface area (Å²) in [5.41, 5.74) is 2.48. The molecule has 4 aromatic rings. The minimum absolute atomic E-state index is 0.0889. The molecule has 0 heterocycles. The van der Waals surface area contributed by atoms with Crippen molar-refractivity contribution in [2.24, 2.45) is 4.99 Å². The van der Waals surface area contributed by atoms with Crippen molar-refractivity contribution >= 4 is 33.9 Å². The van der Waals surface area contributed by atoms with Crippen molar-refractivity contribution in [1.82, 2.24) is 0 Å². The summed E-state index contributed by atoms with van der Waals surface area (Å²) < 4.78 is 0. The maximum Gasteiger partial charge on any atom is 0.229 e. The van der Waals surface area contributed by atoms with Crippen LogP contribution in [0.1, 0.15) is 12.5 Å². The second kappa shape index (κ2) is 7.89. The van der Waals surface area contributed by atoms with E-state index in [1.165, 1.54) is 0 Å². The minimum atomic E-state index is -0.0889. The Morgan fingerprint density at radius 3 is 2.00 bits per heavy atom. The van der Waals surface area contributed by atoms with E-state index in [1.807, 2.05) is 78.9 Å². The van der Waals surface area contributed by atoms with Gasteiger partial charge in [-0.05, 0) is 41.1 Å². The first kappa shape index (κ1) is 17.7. The van der Waals surface area contributed by atoms with Crippen molar-refractivity contribution in [2.75, 3.05) is 4.90 Å². The normalized spacial score (nSPS) is 11.4. The van der Waals surface area contributed by atoms with Gasteiger partial charge in [0.2, 0.25) is 5.91 Å². The highest BCUT2D eigenvalue weighted by atomic mass is 16.2. The Kier molecular flexibility index (Phi) is 4.98. The summed E-state index contributed by atoms with van der Waals surface area (Å²) in [6.07, 6.45) is 0. The third-order valence-electron chi connectivity index (χ3n) is 4.54. The maximum atomic E-state index is 12.7.